The summed E-state index contributed by atoms with van der Waals surface area (Å²) < 4.78 is 5.45. The van der Waals surface area contributed by atoms with Gasteiger partial charge in [-0.1, -0.05) is 24.8 Å². The average molecular weight is 264 g/mol. The Morgan fingerprint density at radius 3 is 2.90 bits per heavy atom. The molecule has 2 heterocycles. The van der Waals surface area contributed by atoms with Crippen LogP contribution in [0.4, 0.5) is 0 Å². The van der Waals surface area contributed by atoms with Crippen LogP contribution in [0.2, 0.25) is 0 Å². The van der Waals surface area contributed by atoms with E-state index in [0.29, 0.717) is 12.4 Å². The van der Waals surface area contributed by atoms with E-state index in [9.17, 15) is 0 Å². The standard InChI is InChI=1S/C17H16N2O/c1-3-20-12(2)13-7-8-14-11-17(19-16(14)10-13)15-6-4-5-9-18-15/h4-11,19H,2-3H2,1H3. The molecule has 1 N–H and O–H groups in total. The topological polar surface area (TPSA) is 37.9 Å². The summed E-state index contributed by atoms with van der Waals surface area (Å²) in [5.41, 5.74) is 4.01. The minimum Gasteiger partial charge on any atom is -0.494 e. The molecular formula is C17H16N2O. The highest BCUT2D eigenvalue weighted by atomic mass is 16.5. The predicted octanol–water partition coefficient (Wildman–Crippen LogP) is 4.24. The van der Waals surface area contributed by atoms with Crippen LogP contribution in [0.5, 0.6) is 0 Å². The Bertz CT molecular complexity index is 744. The summed E-state index contributed by atoms with van der Waals surface area (Å²) in [7, 11) is 0. The number of pyridine rings is 1. The number of H-pyrrole nitrogens is 1. The fourth-order valence-corrected chi connectivity index (χ4v) is 2.22. The highest BCUT2D eigenvalue weighted by Crippen LogP contribution is 2.25. The molecule has 0 amide bonds. The molecule has 0 fully saturated rings. The molecule has 0 saturated carbocycles. The van der Waals surface area contributed by atoms with Crippen molar-refractivity contribution in [2.75, 3.05) is 6.61 Å². The molecule has 0 unspecified atom stereocenters. The van der Waals surface area contributed by atoms with Crippen LogP contribution in [0.25, 0.3) is 28.0 Å². The fourth-order valence-electron chi connectivity index (χ4n) is 2.22. The van der Waals surface area contributed by atoms with E-state index in [1.165, 1.54) is 0 Å². The van der Waals surface area contributed by atoms with Crippen molar-refractivity contribution in [3.8, 4) is 11.4 Å². The molecule has 100 valence electrons. The first-order valence-electron chi connectivity index (χ1n) is 6.64. The number of rotatable bonds is 4. The van der Waals surface area contributed by atoms with Crippen LogP contribution < -0.4 is 0 Å². The van der Waals surface area contributed by atoms with Crippen LogP contribution >= 0.6 is 0 Å². The molecular weight excluding hydrogens is 248 g/mol. The minimum atomic E-state index is 0.626. The number of aromatic nitrogens is 2. The normalized spacial score (nSPS) is 10.7. The van der Waals surface area contributed by atoms with E-state index in [1.54, 1.807) is 6.20 Å². The number of nitrogens with one attached hydrogen (secondary N) is 1. The molecule has 1 aromatic carbocycles. The monoisotopic (exact) mass is 264 g/mol. The van der Waals surface area contributed by atoms with Gasteiger partial charge in [-0.05, 0) is 31.2 Å². The van der Waals surface area contributed by atoms with Gasteiger partial charge in [-0.25, -0.2) is 0 Å². The Morgan fingerprint density at radius 2 is 2.15 bits per heavy atom. The number of fused-ring (bicyclic) bond motifs is 1. The van der Waals surface area contributed by atoms with Gasteiger partial charge in [0.15, 0.2) is 0 Å². The fraction of sp³-hybridized carbons (Fsp3) is 0.118. The summed E-state index contributed by atoms with van der Waals surface area (Å²) in [6.07, 6.45) is 1.79. The van der Waals surface area contributed by atoms with Crippen molar-refractivity contribution in [3.05, 3.63) is 60.8 Å². The van der Waals surface area contributed by atoms with E-state index < -0.39 is 0 Å². The van der Waals surface area contributed by atoms with Gasteiger partial charge in [0.05, 0.1) is 18.0 Å². The van der Waals surface area contributed by atoms with E-state index in [2.05, 4.69) is 34.7 Å². The molecule has 3 aromatic rings. The second-order valence-electron chi connectivity index (χ2n) is 4.56. The molecule has 0 saturated heterocycles. The minimum absolute atomic E-state index is 0.626. The van der Waals surface area contributed by atoms with Gasteiger partial charge < -0.3 is 9.72 Å². The predicted molar refractivity (Wildman–Crippen MR) is 82.2 cm³/mol. The number of aromatic amines is 1. The first-order chi connectivity index (χ1) is 9.78. The number of hydrogen-bond acceptors (Lipinski definition) is 2. The van der Waals surface area contributed by atoms with Gasteiger partial charge in [0, 0.05) is 22.7 Å². The molecule has 3 heteroatoms. The van der Waals surface area contributed by atoms with Gasteiger partial charge in [0.2, 0.25) is 0 Å². The average Bonchev–Trinajstić information content (AvgIpc) is 2.91. The molecule has 20 heavy (non-hydrogen) atoms. The van der Waals surface area contributed by atoms with Crippen LogP contribution in [0, 0.1) is 0 Å². The third kappa shape index (κ3) is 2.30. The Labute approximate surface area is 117 Å². The molecule has 3 nitrogen and oxygen atoms in total. The van der Waals surface area contributed by atoms with Gasteiger partial charge >= 0.3 is 0 Å². The van der Waals surface area contributed by atoms with Crippen molar-refractivity contribution in [2.45, 2.75) is 6.92 Å². The van der Waals surface area contributed by atoms with Crippen molar-refractivity contribution < 1.29 is 4.74 Å². The van der Waals surface area contributed by atoms with Crippen LogP contribution in [0.3, 0.4) is 0 Å². The van der Waals surface area contributed by atoms with Gasteiger partial charge in [0.1, 0.15) is 5.76 Å². The first kappa shape index (κ1) is 12.5. The summed E-state index contributed by atoms with van der Waals surface area (Å²) in [4.78, 5) is 7.75. The Morgan fingerprint density at radius 1 is 1.25 bits per heavy atom. The highest BCUT2D eigenvalue weighted by Gasteiger charge is 2.06. The van der Waals surface area contributed by atoms with Crippen molar-refractivity contribution in [3.63, 3.8) is 0 Å². The molecule has 3 rings (SSSR count). The van der Waals surface area contributed by atoms with E-state index in [-0.39, 0.29) is 0 Å². The lowest BCUT2D eigenvalue weighted by atomic mass is 10.1. The van der Waals surface area contributed by atoms with E-state index in [4.69, 9.17) is 4.74 Å². The summed E-state index contributed by atoms with van der Waals surface area (Å²) in [6, 6.07) is 14.1. The van der Waals surface area contributed by atoms with Gasteiger partial charge in [-0.3, -0.25) is 4.98 Å². The van der Waals surface area contributed by atoms with Crippen molar-refractivity contribution in [1.82, 2.24) is 9.97 Å². The summed E-state index contributed by atoms with van der Waals surface area (Å²) in [5, 5.41) is 1.15. The van der Waals surface area contributed by atoms with Crippen LogP contribution in [0.1, 0.15) is 12.5 Å². The molecule has 0 bridgehead atoms. The zero-order valence-corrected chi connectivity index (χ0v) is 11.4. The second kappa shape index (κ2) is 5.21. The zero-order chi connectivity index (χ0) is 13.9. The first-order valence-corrected chi connectivity index (χ1v) is 6.64. The molecule has 0 aliphatic carbocycles. The second-order valence-corrected chi connectivity index (χ2v) is 4.56. The summed E-state index contributed by atoms with van der Waals surface area (Å²) in [6.45, 7) is 6.52. The molecule has 0 spiro atoms. The zero-order valence-electron chi connectivity index (χ0n) is 11.4. The third-order valence-corrected chi connectivity index (χ3v) is 3.20. The largest absolute Gasteiger partial charge is 0.494 e. The van der Waals surface area contributed by atoms with E-state index in [0.717, 1.165) is 27.9 Å². The maximum Gasteiger partial charge on any atom is 0.119 e. The van der Waals surface area contributed by atoms with Crippen molar-refractivity contribution in [1.29, 1.82) is 0 Å². The molecule has 0 atom stereocenters. The van der Waals surface area contributed by atoms with Crippen molar-refractivity contribution >= 4 is 16.7 Å². The third-order valence-electron chi connectivity index (χ3n) is 3.20. The number of ether oxygens (including phenoxy) is 1. The van der Waals surface area contributed by atoms with Crippen LogP contribution in [-0.4, -0.2) is 16.6 Å². The molecule has 0 radical (unpaired) electrons. The Kier molecular flexibility index (Phi) is 3.25. The van der Waals surface area contributed by atoms with Crippen molar-refractivity contribution in [2.24, 2.45) is 0 Å². The van der Waals surface area contributed by atoms with E-state index >= 15 is 0 Å². The maximum atomic E-state index is 5.45. The van der Waals surface area contributed by atoms with E-state index in [1.807, 2.05) is 31.2 Å². The van der Waals surface area contributed by atoms with Gasteiger partial charge in [-0.2, -0.15) is 0 Å². The SMILES string of the molecule is C=C(OCC)c1ccc2cc(-c3ccccn3)[nH]c2c1. The summed E-state index contributed by atoms with van der Waals surface area (Å²) in [5.74, 6) is 0.698. The Balaban J connectivity index is 2.02. The van der Waals surface area contributed by atoms with Gasteiger partial charge in [0.25, 0.3) is 0 Å². The summed E-state index contributed by atoms with van der Waals surface area (Å²) >= 11 is 0. The van der Waals surface area contributed by atoms with Crippen LogP contribution in [0.15, 0.2) is 55.2 Å². The molecule has 0 aliphatic heterocycles. The smallest absolute Gasteiger partial charge is 0.119 e. The lowest BCUT2D eigenvalue weighted by Crippen LogP contribution is -1.89. The van der Waals surface area contributed by atoms with Crippen LogP contribution in [-0.2, 0) is 4.74 Å². The quantitative estimate of drug-likeness (QED) is 0.716. The van der Waals surface area contributed by atoms with Gasteiger partial charge in [-0.15, -0.1) is 0 Å². The highest BCUT2D eigenvalue weighted by molar-refractivity contribution is 5.87. The number of hydrogen-bond donors (Lipinski definition) is 1. The maximum absolute atomic E-state index is 5.45. The number of benzene rings is 1. The molecule has 2 aromatic heterocycles. The number of nitrogens with zero attached hydrogens (tertiary/aromatic N) is 1. The Hall–Kier alpha value is -2.55. The molecule has 0 aliphatic rings. The lowest BCUT2D eigenvalue weighted by molar-refractivity contribution is 0.299. The lowest BCUT2D eigenvalue weighted by Gasteiger charge is -2.06.